The first kappa shape index (κ1) is 17.7. The van der Waals surface area contributed by atoms with Gasteiger partial charge in [-0.25, -0.2) is 4.79 Å². The van der Waals surface area contributed by atoms with Gasteiger partial charge in [-0.2, -0.15) is 0 Å². The van der Waals surface area contributed by atoms with Crippen molar-refractivity contribution in [2.45, 2.75) is 32.8 Å². The highest BCUT2D eigenvalue weighted by Gasteiger charge is 2.15. The predicted molar refractivity (Wildman–Crippen MR) is 91.6 cm³/mol. The van der Waals surface area contributed by atoms with Gasteiger partial charge in [-0.15, -0.1) is 0 Å². The van der Waals surface area contributed by atoms with Crippen molar-refractivity contribution >= 4 is 11.9 Å². The number of ether oxygens (including phenoxy) is 2. The van der Waals surface area contributed by atoms with Crippen LogP contribution in [0.25, 0.3) is 0 Å². The molecule has 0 amide bonds. The number of benzene rings is 2. The predicted octanol–water partition coefficient (Wildman–Crippen LogP) is 3.93. The quantitative estimate of drug-likeness (QED) is 0.545. The molecule has 0 bridgehead atoms. The van der Waals surface area contributed by atoms with Crippen molar-refractivity contribution in [1.29, 1.82) is 0 Å². The second kappa shape index (κ2) is 9.50. The molecule has 0 aliphatic carbocycles. The minimum atomic E-state index is -0.434. The monoisotopic (exact) mass is 326 g/mol. The number of esters is 2. The fourth-order valence-electron chi connectivity index (χ4n) is 2.21. The van der Waals surface area contributed by atoms with E-state index in [0.29, 0.717) is 17.7 Å². The van der Waals surface area contributed by atoms with Gasteiger partial charge in [0, 0.05) is 0 Å². The molecule has 0 N–H and O–H groups in total. The maximum Gasteiger partial charge on any atom is 0.338 e. The first-order chi connectivity index (χ1) is 11.7. The van der Waals surface area contributed by atoms with E-state index < -0.39 is 5.97 Å². The SMILES string of the molecule is CCCCOC(=O)Cc1ccccc1C(=O)OCc1ccccc1. The number of hydrogen-bond donors (Lipinski definition) is 0. The molecule has 0 saturated carbocycles. The van der Waals surface area contributed by atoms with Crippen molar-refractivity contribution in [2.75, 3.05) is 6.61 Å². The number of rotatable bonds is 8. The molecule has 0 atom stereocenters. The fourth-order valence-corrected chi connectivity index (χ4v) is 2.21. The third-order valence-electron chi connectivity index (χ3n) is 3.55. The van der Waals surface area contributed by atoms with E-state index in [1.54, 1.807) is 24.3 Å². The topological polar surface area (TPSA) is 52.6 Å². The van der Waals surface area contributed by atoms with Crippen LogP contribution in [0.4, 0.5) is 0 Å². The standard InChI is InChI=1S/C20H22O4/c1-2-3-13-23-19(21)14-17-11-7-8-12-18(17)20(22)24-15-16-9-5-4-6-10-16/h4-12H,2-3,13-15H2,1H3. The fraction of sp³-hybridized carbons (Fsp3) is 0.300. The van der Waals surface area contributed by atoms with E-state index in [9.17, 15) is 9.59 Å². The maximum atomic E-state index is 12.3. The Morgan fingerprint density at radius 3 is 2.38 bits per heavy atom. The Hall–Kier alpha value is -2.62. The Bertz CT molecular complexity index is 664. The number of carbonyl (C=O) groups excluding carboxylic acids is 2. The summed E-state index contributed by atoms with van der Waals surface area (Å²) >= 11 is 0. The van der Waals surface area contributed by atoms with E-state index in [2.05, 4.69) is 0 Å². The molecule has 2 aromatic carbocycles. The van der Waals surface area contributed by atoms with Crippen LogP contribution in [0.2, 0.25) is 0 Å². The minimum absolute atomic E-state index is 0.0698. The Kier molecular flexibility index (Phi) is 7.02. The van der Waals surface area contributed by atoms with Crippen LogP contribution in [-0.2, 0) is 27.3 Å². The highest BCUT2D eigenvalue weighted by Crippen LogP contribution is 2.13. The lowest BCUT2D eigenvalue weighted by atomic mass is 10.0. The average Bonchev–Trinajstić information content (AvgIpc) is 2.61. The lowest BCUT2D eigenvalue weighted by Gasteiger charge is -2.10. The van der Waals surface area contributed by atoms with Gasteiger partial charge < -0.3 is 9.47 Å². The van der Waals surface area contributed by atoms with Gasteiger partial charge in [-0.3, -0.25) is 4.79 Å². The summed E-state index contributed by atoms with van der Waals surface area (Å²) in [6.07, 6.45) is 1.88. The van der Waals surface area contributed by atoms with E-state index in [-0.39, 0.29) is 19.0 Å². The van der Waals surface area contributed by atoms with E-state index in [4.69, 9.17) is 9.47 Å². The number of hydrogen-bond acceptors (Lipinski definition) is 4. The molecule has 0 radical (unpaired) electrons. The van der Waals surface area contributed by atoms with E-state index in [0.717, 1.165) is 18.4 Å². The van der Waals surface area contributed by atoms with Crippen LogP contribution in [-0.4, -0.2) is 18.5 Å². The lowest BCUT2D eigenvalue weighted by Crippen LogP contribution is -2.14. The maximum absolute atomic E-state index is 12.3. The van der Waals surface area contributed by atoms with Gasteiger partial charge in [0.05, 0.1) is 18.6 Å². The van der Waals surface area contributed by atoms with Crippen LogP contribution in [0.15, 0.2) is 54.6 Å². The zero-order chi connectivity index (χ0) is 17.2. The summed E-state index contributed by atoms with van der Waals surface area (Å²) in [5.41, 5.74) is 1.94. The number of unbranched alkanes of at least 4 members (excludes halogenated alkanes) is 1. The Morgan fingerprint density at radius 1 is 0.917 bits per heavy atom. The second-order valence-corrected chi connectivity index (χ2v) is 5.47. The highest BCUT2D eigenvalue weighted by atomic mass is 16.5. The smallest absolute Gasteiger partial charge is 0.338 e. The molecule has 0 aliphatic rings. The molecule has 0 aliphatic heterocycles. The summed E-state index contributed by atoms with van der Waals surface area (Å²) in [7, 11) is 0. The first-order valence-electron chi connectivity index (χ1n) is 8.15. The molecule has 2 rings (SSSR count). The highest BCUT2D eigenvalue weighted by molar-refractivity contribution is 5.92. The second-order valence-electron chi connectivity index (χ2n) is 5.47. The molecular weight excluding hydrogens is 304 g/mol. The van der Waals surface area contributed by atoms with Crippen LogP contribution in [0, 0.1) is 0 Å². The van der Waals surface area contributed by atoms with E-state index >= 15 is 0 Å². The van der Waals surface area contributed by atoms with Crippen LogP contribution in [0.5, 0.6) is 0 Å². The zero-order valence-corrected chi connectivity index (χ0v) is 13.9. The Morgan fingerprint density at radius 2 is 1.62 bits per heavy atom. The molecule has 126 valence electrons. The first-order valence-corrected chi connectivity index (χ1v) is 8.15. The van der Waals surface area contributed by atoms with Crippen molar-refractivity contribution < 1.29 is 19.1 Å². The van der Waals surface area contributed by atoms with E-state index in [1.807, 2.05) is 37.3 Å². The van der Waals surface area contributed by atoms with Gasteiger partial charge in [0.1, 0.15) is 6.61 Å². The molecule has 2 aromatic rings. The van der Waals surface area contributed by atoms with Crippen molar-refractivity contribution in [1.82, 2.24) is 0 Å². The average molecular weight is 326 g/mol. The van der Waals surface area contributed by atoms with Gasteiger partial charge >= 0.3 is 11.9 Å². The number of carbonyl (C=O) groups is 2. The molecule has 4 nitrogen and oxygen atoms in total. The summed E-state index contributed by atoms with van der Waals surface area (Å²) in [6.45, 7) is 2.65. The van der Waals surface area contributed by atoms with Gasteiger partial charge in [-0.1, -0.05) is 61.9 Å². The van der Waals surface area contributed by atoms with Crippen LogP contribution >= 0.6 is 0 Å². The largest absolute Gasteiger partial charge is 0.465 e. The summed E-state index contributed by atoms with van der Waals surface area (Å²) in [4.78, 5) is 24.2. The van der Waals surface area contributed by atoms with Crippen LogP contribution in [0.3, 0.4) is 0 Å². The molecule has 0 unspecified atom stereocenters. The van der Waals surface area contributed by atoms with Crippen molar-refractivity contribution in [3.63, 3.8) is 0 Å². The summed E-state index contributed by atoms with van der Waals surface area (Å²) < 4.78 is 10.5. The van der Waals surface area contributed by atoms with Crippen molar-refractivity contribution in [2.24, 2.45) is 0 Å². The van der Waals surface area contributed by atoms with Gasteiger partial charge in [0.25, 0.3) is 0 Å². The Balaban J connectivity index is 1.97. The molecule has 0 aromatic heterocycles. The molecule has 4 heteroatoms. The molecule has 0 saturated heterocycles. The molecule has 0 spiro atoms. The van der Waals surface area contributed by atoms with Crippen molar-refractivity contribution in [3.8, 4) is 0 Å². The molecule has 0 fully saturated rings. The van der Waals surface area contributed by atoms with Crippen LogP contribution < -0.4 is 0 Å². The molecule has 0 heterocycles. The summed E-state index contributed by atoms with van der Waals surface area (Å²) in [5, 5.41) is 0. The Labute approximate surface area is 142 Å². The van der Waals surface area contributed by atoms with Crippen LogP contribution in [0.1, 0.15) is 41.3 Å². The summed E-state index contributed by atoms with van der Waals surface area (Å²) in [5.74, 6) is -0.762. The summed E-state index contributed by atoms with van der Waals surface area (Å²) in [6, 6.07) is 16.4. The third kappa shape index (κ3) is 5.54. The minimum Gasteiger partial charge on any atom is -0.465 e. The third-order valence-corrected chi connectivity index (χ3v) is 3.55. The molecular formula is C20H22O4. The zero-order valence-electron chi connectivity index (χ0n) is 13.9. The lowest BCUT2D eigenvalue weighted by molar-refractivity contribution is -0.142. The van der Waals surface area contributed by atoms with Gasteiger partial charge in [0.2, 0.25) is 0 Å². The van der Waals surface area contributed by atoms with Gasteiger partial charge in [0.15, 0.2) is 0 Å². The molecule has 24 heavy (non-hydrogen) atoms. The van der Waals surface area contributed by atoms with E-state index in [1.165, 1.54) is 0 Å². The normalized spacial score (nSPS) is 10.2. The van der Waals surface area contributed by atoms with Gasteiger partial charge in [-0.05, 0) is 23.6 Å². The van der Waals surface area contributed by atoms with Crippen molar-refractivity contribution in [3.05, 3.63) is 71.3 Å².